The monoisotopic (exact) mass is 226 g/mol. The molecule has 92 valence electrons. The van der Waals surface area contributed by atoms with E-state index in [0.29, 0.717) is 5.54 Å². The first kappa shape index (κ1) is 11.0. The standard InChI is InChI=1S/C12H22N2O2/c1-14-7-6-13-10-11(14)2-4-12(5-3-11)15-8-9-16-12/h13H,2-10H2,1H3. The summed E-state index contributed by atoms with van der Waals surface area (Å²) in [5.74, 6) is -0.219. The predicted molar refractivity (Wildman–Crippen MR) is 61.3 cm³/mol. The second-order valence-corrected chi connectivity index (χ2v) is 5.43. The quantitative estimate of drug-likeness (QED) is 0.655. The average molecular weight is 226 g/mol. The third-order valence-corrected chi connectivity index (χ3v) is 4.64. The normalized spacial score (nSPS) is 33.6. The molecule has 1 aliphatic carbocycles. The van der Waals surface area contributed by atoms with Crippen LogP contribution in [0.2, 0.25) is 0 Å². The van der Waals surface area contributed by atoms with Crippen molar-refractivity contribution in [2.45, 2.75) is 37.0 Å². The molecule has 2 saturated heterocycles. The van der Waals surface area contributed by atoms with E-state index in [1.165, 1.54) is 12.8 Å². The van der Waals surface area contributed by atoms with Crippen LogP contribution in [-0.4, -0.2) is 56.1 Å². The van der Waals surface area contributed by atoms with Crippen LogP contribution in [0.3, 0.4) is 0 Å². The first-order valence-corrected chi connectivity index (χ1v) is 6.45. The van der Waals surface area contributed by atoms with Gasteiger partial charge in [0.05, 0.1) is 13.2 Å². The van der Waals surface area contributed by atoms with E-state index in [1.54, 1.807) is 0 Å². The topological polar surface area (TPSA) is 33.7 Å². The molecule has 0 aromatic heterocycles. The van der Waals surface area contributed by atoms with Gasteiger partial charge in [-0.05, 0) is 19.9 Å². The van der Waals surface area contributed by atoms with Gasteiger partial charge in [0.15, 0.2) is 5.79 Å². The number of piperazine rings is 1. The number of hydrogen-bond donors (Lipinski definition) is 1. The minimum atomic E-state index is -0.219. The van der Waals surface area contributed by atoms with E-state index in [4.69, 9.17) is 9.47 Å². The van der Waals surface area contributed by atoms with Gasteiger partial charge in [0.2, 0.25) is 0 Å². The van der Waals surface area contributed by atoms with Crippen LogP contribution < -0.4 is 5.32 Å². The van der Waals surface area contributed by atoms with E-state index >= 15 is 0 Å². The maximum Gasteiger partial charge on any atom is 0.168 e. The Morgan fingerprint density at radius 3 is 2.38 bits per heavy atom. The van der Waals surface area contributed by atoms with Crippen LogP contribution in [0.1, 0.15) is 25.7 Å². The van der Waals surface area contributed by atoms with Crippen molar-refractivity contribution in [3.8, 4) is 0 Å². The largest absolute Gasteiger partial charge is 0.348 e. The molecular weight excluding hydrogens is 204 g/mol. The highest BCUT2D eigenvalue weighted by atomic mass is 16.7. The van der Waals surface area contributed by atoms with Crippen LogP contribution in [0, 0.1) is 0 Å². The Balaban J connectivity index is 1.68. The maximum atomic E-state index is 5.79. The van der Waals surface area contributed by atoms with Crippen LogP contribution in [0.25, 0.3) is 0 Å². The first-order valence-electron chi connectivity index (χ1n) is 6.45. The van der Waals surface area contributed by atoms with Crippen LogP contribution in [-0.2, 0) is 9.47 Å². The van der Waals surface area contributed by atoms with Gasteiger partial charge in [0, 0.05) is 38.0 Å². The highest BCUT2D eigenvalue weighted by Gasteiger charge is 2.48. The smallest absolute Gasteiger partial charge is 0.168 e. The van der Waals surface area contributed by atoms with Crippen molar-refractivity contribution in [3.05, 3.63) is 0 Å². The fourth-order valence-electron chi connectivity index (χ4n) is 3.38. The van der Waals surface area contributed by atoms with Crippen molar-refractivity contribution in [1.29, 1.82) is 0 Å². The molecule has 4 nitrogen and oxygen atoms in total. The number of rotatable bonds is 0. The molecule has 2 heterocycles. The van der Waals surface area contributed by atoms with Gasteiger partial charge in [-0.1, -0.05) is 0 Å². The molecular formula is C12H22N2O2. The zero-order chi connectivity index (χ0) is 11.1. The summed E-state index contributed by atoms with van der Waals surface area (Å²) in [4.78, 5) is 2.53. The second kappa shape index (κ2) is 3.95. The number of hydrogen-bond acceptors (Lipinski definition) is 4. The molecule has 3 fully saturated rings. The lowest BCUT2D eigenvalue weighted by molar-refractivity contribution is -0.194. The van der Waals surface area contributed by atoms with Crippen molar-refractivity contribution >= 4 is 0 Å². The molecule has 2 spiro atoms. The van der Waals surface area contributed by atoms with E-state index in [0.717, 1.165) is 45.7 Å². The van der Waals surface area contributed by atoms with Gasteiger partial charge in [-0.3, -0.25) is 4.90 Å². The van der Waals surface area contributed by atoms with Gasteiger partial charge < -0.3 is 14.8 Å². The summed E-state index contributed by atoms with van der Waals surface area (Å²) in [5, 5.41) is 3.53. The maximum absolute atomic E-state index is 5.79. The Kier molecular flexibility index (Phi) is 2.70. The summed E-state index contributed by atoms with van der Waals surface area (Å²) in [7, 11) is 2.26. The highest BCUT2D eigenvalue weighted by Crippen LogP contribution is 2.42. The molecule has 2 aliphatic heterocycles. The second-order valence-electron chi connectivity index (χ2n) is 5.43. The summed E-state index contributed by atoms with van der Waals surface area (Å²) in [6, 6.07) is 0. The number of nitrogens with zero attached hydrogens (tertiary/aromatic N) is 1. The molecule has 0 amide bonds. The van der Waals surface area contributed by atoms with Crippen molar-refractivity contribution < 1.29 is 9.47 Å². The van der Waals surface area contributed by atoms with Gasteiger partial charge >= 0.3 is 0 Å². The van der Waals surface area contributed by atoms with E-state index in [-0.39, 0.29) is 5.79 Å². The summed E-state index contributed by atoms with van der Waals surface area (Å²) in [5.41, 5.74) is 0.360. The molecule has 3 aliphatic rings. The fourth-order valence-corrected chi connectivity index (χ4v) is 3.38. The fraction of sp³-hybridized carbons (Fsp3) is 1.00. The molecule has 3 rings (SSSR count). The van der Waals surface area contributed by atoms with Crippen molar-refractivity contribution in [2.24, 2.45) is 0 Å². The molecule has 0 radical (unpaired) electrons. The van der Waals surface area contributed by atoms with Crippen molar-refractivity contribution in [1.82, 2.24) is 10.2 Å². The minimum absolute atomic E-state index is 0.219. The molecule has 4 heteroatoms. The molecule has 16 heavy (non-hydrogen) atoms. The Hall–Kier alpha value is -0.160. The van der Waals surface area contributed by atoms with Crippen LogP contribution in [0.4, 0.5) is 0 Å². The molecule has 0 atom stereocenters. The van der Waals surface area contributed by atoms with Gasteiger partial charge in [-0.15, -0.1) is 0 Å². The third kappa shape index (κ3) is 1.68. The van der Waals surface area contributed by atoms with Crippen LogP contribution in [0.5, 0.6) is 0 Å². The molecule has 0 unspecified atom stereocenters. The van der Waals surface area contributed by atoms with Crippen LogP contribution >= 0.6 is 0 Å². The molecule has 1 saturated carbocycles. The average Bonchev–Trinajstić information content (AvgIpc) is 2.76. The predicted octanol–water partition coefficient (Wildman–Crippen LogP) is 0.577. The number of nitrogens with one attached hydrogen (secondary N) is 1. The zero-order valence-corrected chi connectivity index (χ0v) is 10.1. The number of likely N-dealkylation sites (N-methyl/N-ethyl adjacent to an activating group) is 1. The van der Waals surface area contributed by atoms with E-state index in [2.05, 4.69) is 17.3 Å². The zero-order valence-electron chi connectivity index (χ0n) is 10.1. The summed E-state index contributed by atoms with van der Waals surface area (Å²) in [6.07, 6.45) is 4.49. The van der Waals surface area contributed by atoms with Gasteiger partial charge in [0.25, 0.3) is 0 Å². The summed E-state index contributed by atoms with van der Waals surface area (Å²) in [6.45, 7) is 4.97. The van der Waals surface area contributed by atoms with Crippen molar-refractivity contribution in [2.75, 3.05) is 39.9 Å². The lowest BCUT2D eigenvalue weighted by Crippen LogP contribution is -2.62. The van der Waals surface area contributed by atoms with Gasteiger partial charge in [-0.2, -0.15) is 0 Å². The minimum Gasteiger partial charge on any atom is -0.348 e. The van der Waals surface area contributed by atoms with Crippen molar-refractivity contribution in [3.63, 3.8) is 0 Å². The highest BCUT2D eigenvalue weighted by molar-refractivity contribution is 5.00. The Bertz CT molecular complexity index is 254. The molecule has 1 N–H and O–H groups in total. The van der Waals surface area contributed by atoms with E-state index < -0.39 is 0 Å². The number of ether oxygens (including phenoxy) is 2. The Labute approximate surface area is 97.3 Å². The summed E-state index contributed by atoms with van der Waals surface area (Å²) < 4.78 is 11.6. The van der Waals surface area contributed by atoms with E-state index in [1.807, 2.05) is 0 Å². The lowest BCUT2D eigenvalue weighted by Gasteiger charge is -2.51. The SMILES string of the molecule is CN1CCNCC12CCC1(CC2)OCCO1. The Morgan fingerprint density at radius 2 is 1.75 bits per heavy atom. The molecule has 0 aromatic carbocycles. The Morgan fingerprint density at radius 1 is 1.06 bits per heavy atom. The first-order chi connectivity index (χ1) is 7.75. The van der Waals surface area contributed by atoms with Crippen LogP contribution in [0.15, 0.2) is 0 Å². The molecule has 0 aromatic rings. The summed E-state index contributed by atoms with van der Waals surface area (Å²) >= 11 is 0. The van der Waals surface area contributed by atoms with Gasteiger partial charge in [-0.25, -0.2) is 0 Å². The third-order valence-electron chi connectivity index (χ3n) is 4.64. The lowest BCUT2D eigenvalue weighted by atomic mass is 9.76. The van der Waals surface area contributed by atoms with E-state index in [9.17, 15) is 0 Å². The molecule has 0 bridgehead atoms. The van der Waals surface area contributed by atoms with Gasteiger partial charge in [0.1, 0.15) is 0 Å².